The van der Waals surface area contributed by atoms with Gasteiger partial charge in [0, 0.05) is 19.1 Å². The summed E-state index contributed by atoms with van der Waals surface area (Å²) >= 11 is 1.62. The molecule has 1 aliphatic heterocycles. The van der Waals surface area contributed by atoms with Crippen LogP contribution in [0, 0.1) is 0 Å². The number of thioether (sulfide) groups is 1. The Morgan fingerprint density at radius 1 is 1.56 bits per heavy atom. The van der Waals surface area contributed by atoms with Gasteiger partial charge >= 0.3 is 0 Å². The highest BCUT2D eigenvalue weighted by Gasteiger charge is 2.20. The van der Waals surface area contributed by atoms with E-state index in [0.29, 0.717) is 17.7 Å². The van der Waals surface area contributed by atoms with Crippen LogP contribution in [-0.2, 0) is 4.79 Å². The van der Waals surface area contributed by atoms with Gasteiger partial charge in [0.25, 0.3) is 0 Å². The second-order valence-electron chi connectivity index (χ2n) is 4.42. The Morgan fingerprint density at radius 3 is 2.94 bits per heavy atom. The van der Waals surface area contributed by atoms with Crippen LogP contribution in [0.1, 0.15) is 32.6 Å². The van der Waals surface area contributed by atoms with Gasteiger partial charge in [-0.1, -0.05) is 13.3 Å². The van der Waals surface area contributed by atoms with Crippen LogP contribution in [0.25, 0.3) is 0 Å². The predicted octanol–water partition coefficient (Wildman–Crippen LogP) is 1.73. The molecular formula is C12H24N2OS. The molecule has 1 aliphatic rings. The van der Waals surface area contributed by atoms with Crippen LogP contribution in [-0.4, -0.2) is 48.5 Å². The molecule has 0 radical (unpaired) electrons. The molecule has 1 saturated heterocycles. The summed E-state index contributed by atoms with van der Waals surface area (Å²) in [6.45, 7) is 5.11. The summed E-state index contributed by atoms with van der Waals surface area (Å²) in [4.78, 5) is 14.0. The van der Waals surface area contributed by atoms with Crippen molar-refractivity contribution in [3.63, 3.8) is 0 Å². The van der Waals surface area contributed by atoms with Crippen LogP contribution >= 0.6 is 11.8 Å². The lowest BCUT2D eigenvalue weighted by molar-refractivity contribution is -0.128. The summed E-state index contributed by atoms with van der Waals surface area (Å²) in [6.07, 6.45) is 6.73. The highest BCUT2D eigenvalue weighted by Crippen LogP contribution is 2.09. The van der Waals surface area contributed by atoms with Gasteiger partial charge in [0.1, 0.15) is 0 Å². The lowest BCUT2D eigenvalue weighted by Gasteiger charge is -2.25. The maximum absolute atomic E-state index is 11.9. The van der Waals surface area contributed by atoms with Crippen LogP contribution in [0.15, 0.2) is 0 Å². The summed E-state index contributed by atoms with van der Waals surface area (Å²) in [6, 6.07) is 0.530. The van der Waals surface area contributed by atoms with Gasteiger partial charge in [-0.2, -0.15) is 11.8 Å². The third-order valence-electron chi connectivity index (χ3n) is 3.01. The first kappa shape index (κ1) is 13.8. The van der Waals surface area contributed by atoms with Gasteiger partial charge in [0.15, 0.2) is 0 Å². The van der Waals surface area contributed by atoms with Crippen molar-refractivity contribution < 1.29 is 4.79 Å². The minimum Gasteiger partial charge on any atom is -0.340 e. The van der Waals surface area contributed by atoms with Crippen molar-refractivity contribution in [2.24, 2.45) is 0 Å². The Kier molecular flexibility index (Phi) is 6.88. The number of hydrogen-bond donors (Lipinski definition) is 1. The number of carbonyl (C=O) groups is 1. The van der Waals surface area contributed by atoms with E-state index >= 15 is 0 Å². The Balaban J connectivity index is 2.38. The molecule has 0 aromatic carbocycles. The SMILES string of the molecule is CCCCN(CC1CCCN1)C(=O)CSC. The number of nitrogens with one attached hydrogen (secondary N) is 1. The summed E-state index contributed by atoms with van der Waals surface area (Å²) in [7, 11) is 0. The van der Waals surface area contributed by atoms with E-state index in [0.717, 1.165) is 32.5 Å². The van der Waals surface area contributed by atoms with Gasteiger partial charge < -0.3 is 10.2 Å². The van der Waals surface area contributed by atoms with E-state index in [4.69, 9.17) is 0 Å². The Labute approximate surface area is 103 Å². The van der Waals surface area contributed by atoms with E-state index < -0.39 is 0 Å². The highest BCUT2D eigenvalue weighted by molar-refractivity contribution is 7.99. The zero-order valence-corrected chi connectivity index (χ0v) is 11.3. The minimum absolute atomic E-state index is 0.301. The zero-order valence-electron chi connectivity index (χ0n) is 10.5. The van der Waals surface area contributed by atoms with Crippen LogP contribution in [0.2, 0.25) is 0 Å². The molecule has 4 heteroatoms. The van der Waals surface area contributed by atoms with Crippen LogP contribution in [0.5, 0.6) is 0 Å². The average molecular weight is 244 g/mol. The minimum atomic E-state index is 0.301. The zero-order chi connectivity index (χ0) is 11.8. The second kappa shape index (κ2) is 7.96. The maximum Gasteiger partial charge on any atom is 0.232 e. The summed E-state index contributed by atoms with van der Waals surface area (Å²) in [5, 5.41) is 3.46. The lowest BCUT2D eigenvalue weighted by Crippen LogP contribution is -2.42. The summed E-state index contributed by atoms with van der Waals surface area (Å²) < 4.78 is 0. The van der Waals surface area contributed by atoms with E-state index in [1.54, 1.807) is 11.8 Å². The summed E-state index contributed by atoms with van der Waals surface area (Å²) in [5.74, 6) is 0.922. The van der Waals surface area contributed by atoms with Crippen molar-refractivity contribution >= 4 is 17.7 Å². The fourth-order valence-electron chi connectivity index (χ4n) is 2.06. The van der Waals surface area contributed by atoms with E-state index in [2.05, 4.69) is 12.2 Å². The number of amides is 1. The topological polar surface area (TPSA) is 32.3 Å². The van der Waals surface area contributed by atoms with Crippen molar-refractivity contribution in [2.75, 3.05) is 31.6 Å². The van der Waals surface area contributed by atoms with Crippen molar-refractivity contribution in [1.82, 2.24) is 10.2 Å². The number of carbonyl (C=O) groups excluding carboxylic acids is 1. The van der Waals surface area contributed by atoms with Crippen molar-refractivity contribution in [2.45, 2.75) is 38.6 Å². The fourth-order valence-corrected chi connectivity index (χ4v) is 2.49. The molecule has 16 heavy (non-hydrogen) atoms. The second-order valence-corrected chi connectivity index (χ2v) is 5.29. The van der Waals surface area contributed by atoms with Crippen LogP contribution in [0.4, 0.5) is 0 Å². The molecule has 1 atom stereocenters. The van der Waals surface area contributed by atoms with Crippen LogP contribution < -0.4 is 5.32 Å². The highest BCUT2D eigenvalue weighted by atomic mass is 32.2. The molecule has 1 unspecified atom stereocenters. The Hall–Kier alpha value is -0.220. The Bertz CT molecular complexity index is 205. The van der Waals surface area contributed by atoms with Gasteiger partial charge in [0.05, 0.1) is 5.75 Å². The van der Waals surface area contributed by atoms with E-state index in [1.165, 1.54) is 12.8 Å². The standard InChI is InChI=1S/C12H24N2OS/c1-3-4-8-14(12(15)10-16-2)9-11-6-5-7-13-11/h11,13H,3-10H2,1-2H3. The number of rotatable bonds is 7. The monoisotopic (exact) mass is 244 g/mol. The third kappa shape index (κ3) is 4.74. The van der Waals surface area contributed by atoms with Gasteiger partial charge in [-0.3, -0.25) is 4.79 Å². The molecular weight excluding hydrogens is 220 g/mol. The molecule has 0 aromatic rings. The molecule has 1 rings (SSSR count). The van der Waals surface area contributed by atoms with E-state index in [9.17, 15) is 4.79 Å². The van der Waals surface area contributed by atoms with Gasteiger partial charge in [-0.25, -0.2) is 0 Å². The molecule has 0 bridgehead atoms. The van der Waals surface area contributed by atoms with E-state index in [-0.39, 0.29) is 0 Å². The van der Waals surface area contributed by atoms with Crippen LogP contribution in [0.3, 0.4) is 0 Å². The van der Waals surface area contributed by atoms with Crippen molar-refractivity contribution in [3.8, 4) is 0 Å². The molecule has 0 aliphatic carbocycles. The number of unbranched alkanes of at least 4 members (excludes halogenated alkanes) is 1. The largest absolute Gasteiger partial charge is 0.340 e. The first-order chi connectivity index (χ1) is 7.77. The molecule has 0 spiro atoms. The first-order valence-corrected chi connectivity index (χ1v) is 7.67. The third-order valence-corrected chi connectivity index (χ3v) is 3.54. The molecule has 0 aromatic heterocycles. The molecule has 1 fully saturated rings. The average Bonchev–Trinajstić information content (AvgIpc) is 2.77. The Morgan fingerprint density at radius 2 is 2.38 bits per heavy atom. The quantitative estimate of drug-likeness (QED) is 0.740. The first-order valence-electron chi connectivity index (χ1n) is 6.28. The van der Waals surface area contributed by atoms with E-state index in [1.807, 2.05) is 11.2 Å². The number of hydrogen-bond acceptors (Lipinski definition) is 3. The summed E-state index contributed by atoms with van der Waals surface area (Å²) in [5.41, 5.74) is 0. The molecule has 1 N–H and O–H groups in total. The van der Waals surface area contributed by atoms with Crippen molar-refractivity contribution in [1.29, 1.82) is 0 Å². The van der Waals surface area contributed by atoms with Gasteiger partial charge in [0.2, 0.25) is 5.91 Å². The molecule has 3 nitrogen and oxygen atoms in total. The van der Waals surface area contributed by atoms with Gasteiger partial charge in [-0.15, -0.1) is 0 Å². The molecule has 1 heterocycles. The lowest BCUT2D eigenvalue weighted by atomic mass is 10.2. The molecule has 1 amide bonds. The fraction of sp³-hybridized carbons (Fsp3) is 0.917. The maximum atomic E-state index is 11.9. The molecule has 94 valence electrons. The number of nitrogens with zero attached hydrogens (tertiary/aromatic N) is 1. The smallest absolute Gasteiger partial charge is 0.232 e. The predicted molar refractivity (Wildman–Crippen MR) is 70.9 cm³/mol. The van der Waals surface area contributed by atoms with Gasteiger partial charge in [-0.05, 0) is 32.1 Å². The normalized spacial score (nSPS) is 20.0. The molecule has 0 saturated carbocycles. The van der Waals surface area contributed by atoms with Crippen molar-refractivity contribution in [3.05, 3.63) is 0 Å².